The highest BCUT2D eigenvalue weighted by atomic mass is 35.5. The maximum Gasteiger partial charge on any atom is 0.268 e. The first-order valence-electron chi connectivity index (χ1n) is 2.59. The van der Waals surface area contributed by atoms with Crippen LogP contribution in [0.4, 0.5) is 0 Å². The van der Waals surface area contributed by atoms with Crippen molar-refractivity contribution in [2.24, 2.45) is 0 Å². The first-order valence-corrected chi connectivity index (χ1v) is 3.46. The molecule has 0 spiro atoms. The van der Waals surface area contributed by atoms with Crippen molar-refractivity contribution in [2.45, 2.75) is 24.4 Å². The van der Waals surface area contributed by atoms with Crippen molar-refractivity contribution >= 4 is 29.2 Å². The molecule has 0 aromatic rings. The van der Waals surface area contributed by atoms with Crippen LogP contribution >= 0.6 is 23.1 Å². The van der Waals surface area contributed by atoms with Crippen molar-refractivity contribution in [3.05, 3.63) is 0 Å². The zero-order valence-corrected chi connectivity index (χ0v) is 5.54. The quantitative estimate of drug-likeness (QED) is 0.354. The minimum Gasteiger partial charge on any atom is -0.194 e. The van der Waals surface area contributed by atoms with E-state index in [1.165, 1.54) is 6.42 Å². The Morgan fingerprint density at radius 2 is 2.29 bits per heavy atom. The Kier molecular flexibility index (Phi) is 1.88. The molecule has 0 nitrogen and oxygen atoms in total. The van der Waals surface area contributed by atoms with E-state index in [-0.39, 0.29) is 11.4 Å². The average Bonchev–Trinajstić information content (AvgIpc) is 1.91. The van der Waals surface area contributed by atoms with E-state index in [0.717, 1.165) is 12.7 Å². The summed E-state index contributed by atoms with van der Waals surface area (Å²) in [5, 5.41) is 0.252. The van der Waals surface area contributed by atoms with Crippen LogP contribution in [0.3, 0.4) is 0 Å². The molecule has 0 N–H and O–H groups in total. The van der Waals surface area contributed by atoms with E-state index >= 15 is 0 Å². The minimum atomic E-state index is 0.252. The maximum absolute atomic E-state index is 5.73. The number of alkyl halides is 1. The number of hydrogen-bond donors (Lipinski definition) is 0. The van der Waals surface area contributed by atoms with Crippen LogP contribution in [0.15, 0.2) is 0 Å². The zero-order valence-electron chi connectivity index (χ0n) is 4.03. The predicted molar refractivity (Wildman–Crippen MR) is 35.3 cm³/mol. The van der Waals surface area contributed by atoms with E-state index in [2.05, 4.69) is 0 Å². The molecule has 1 aliphatic heterocycles. The Labute approximate surface area is 54.2 Å². The Bertz CT molecular complexity index is 58.7. The van der Waals surface area contributed by atoms with Gasteiger partial charge in [0.15, 0.2) is 0 Å². The Morgan fingerprint density at radius 1 is 1.57 bits per heavy atom. The van der Waals surface area contributed by atoms with E-state index in [9.17, 15) is 0 Å². The first kappa shape index (κ1) is 5.78. The van der Waals surface area contributed by atoms with Crippen molar-refractivity contribution in [1.29, 1.82) is 0 Å². The summed E-state index contributed by atoms with van der Waals surface area (Å²) in [5.41, 5.74) is 0. The van der Waals surface area contributed by atoms with E-state index in [0.29, 0.717) is 0 Å². The van der Waals surface area contributed by atoms with Gasteiger partial charge in [-0.15, -0.1) is 11.6 Å². The largest absolute Gasteiger partial charge is 0.268 e. The molecule has 3 heteroatoms. The molecule has 0 aromatic heterocycles. The first-order chi connectivity index (χ1) is 3.30. The summed E-state index contributed by atoms with van der Waals surface area (Å²) in [6.07, 6.45) is 3.68. The molecule has 0 aliphatic carbocycles. The van der Waals surface area contributed by atoms with Gasteiger partial charge < -0.3 is 0 Å². The van der Waals surface area contributed by atoms with Gasteiger partial charge in [0.05, 0.1) is 0 Å². The fourth-order valence-corrected chi connectivity index (χ4v) is 1.43. The highest BCUT2D eigenvalue weighted by Crippen LogP contribution is 2.25. The zero-order chi connectivity index (χ0) is 5.28. The van der Waals surface area contributed by atoms with E-state index in [1.54, 1.807) is 0 Å². The summed E-state index contributed by atoms with van der Waals surface area (Å²) < 4.78 is 0. The van der Waals surface area contributed by atoms with Crippen LogP contribution in [0, 0.1) is 0 Å². The van der Waals surface area contributed by atoms with Crippen LogP contribution in [-0.4, -0.2) is 11.4 Å². The molecule has 1 rings (SSSR count). The SMILES string of the molecule is ClB1CCCC1Cl. The molecular formula is C4H7BCl2. The van der Waals surface area contributed by atoms with E-state index in [1.807, 2.05) is 0 Å². The molecule has 0 amide bonds. The average molecular weight is 137 g/mol. The molecule has 1 saturated heterocycles. The molecule has 0 radical (unpaired) electrons. The molecule has 1 aliphatic rings. The molecule has 1 atom stereocenters. The topological polar surface area (TPSA) is 0 Å². The van der Waals surface area contributed by atoms with Gasteiger partial charge in [0.25, 0.3) is 6.13 Å². The van der Waals surface area contributed by atoms with Gasteiger partial charge in [-0.3, -0.25) is 0 Å². The lowest BCUT2D eigenvalue weighted by Crippen LogP contribution is -2.09. The van der Waals surface area contributed by atoms with Gasteiger partial charge in [0.1, 0.15) is 0 Å². The Morgan fingerprint density at radius 3 is 2.43 bits per heavy atom. The lowest BCUT2D eigenvalue weighted by molar-refractivity contribution is 0.912. The molecule has 1 heterocycles. The van der Waals surface area contributed by atoms with Crippen LogP contribution in [0.25, 0.3) is 0 Å². The smallest absolute Gasteiger partial charge is 0.194 e. The standard InChI is InChI=1S/C4H7BCl2/c6-4-2-1-3-5(4)7/h4H,1-3H2. The van der Waals surface area contributed by atoms with E-state index < -0.39 is 0 Å². The number of rotatable bonds is 0. The fraction of sp³-hybridized carbons (Fsp3) is 1.00. The van der Waals surface area contributed by atoms with Gasteiger partial charge in [-0.2, -0.15) is 11.5 Å². The molecule has 0 bridgehead atoms. The molecule has 1 fully saturated rings. The van der Waals surface area contributed by atoms with Gasteiger partial charge in [-0.1, -0.05) is 12.7 Å². The maximum atomic E-state index is 5.73. The Balaban J connectivity index is 2.33. The van der Waals surface area contributed by atoms with Crippen LogP contribution in [0.1, 0.15) is 12.8 Å². The van der Waals surface area contributed by atoms with Crippen LogP contribution in [-0.2, 0) is 0 Å². The van der Waals surface area contributed by atoms with Gasteiger partial charge in [0.2, 0.25) is 0 Å². The van der Waals surface area contributed by atoms with Crippen molar-refractivity contribution in [3.8, 4) is 0 Å². The molecule has 0 saturated carbocycles. The summed E-state index contributed by atoms with van der Waals surface area (Å²) in [6.45, 7) is 0. The van der Waals surface area contributed by atoms with Crippen molar-refractivity contribution in [2.75, 3.05) is 0 Å². The highest BCUT2D eigenvalue weighted by molar-refractivity contribution is 7.10. The number of hydrogen-bond acceptors (Lipinski definition) is 0. The molecular weight excluding hydrogens is 130 g/mol. The lowest BCUT2D eigenvalue weighted by Gasteiger charge is -1.95. The minimum absolute atomic E-state index is 0.252. The second kappa shape index (κ2) is 2.28. The lowest BCUT2D eigenvalue weighted by atomic mass is 9.74. The van der Waals surface area contributed by atoms with Crippen LogP contribution < -0.4 is 0 Å². The summed E-state index contributed by atoms with van der Waals surface area (Å²) in [6, 6.07) is 0. The predicted octanol–water partition coefficient (Wildman–Crippen LogP) is 2.16. The molecule has 0 aromatic carbocycles. The molecule has 40 valence electrons. The van der Waals surface area contributed by atoms with Gasteiger partial charge >= 0.3 is 0 Å². The second-order valence-electron chi connectivity index (χ2n) is 1.96. The second-order valence-corrected chi connectivity index (χ2v) is 3.08. The van der Waals surface area contributed by atoms with E-state index in [4.69, 9.17) is 23.1 Å². The van der Waals surface area contributed by atoms with Gasteiger partial charge in [0, 0.05) is 5.28 Å². The Hall–Kier alpha value is 0.645. The third-order valence-corrected chi connectivity index (χ3v) is 2.53. The summed E-state index contributed by atoms with van der Waals surface area (Å²) in [7, 11) is 0. The molecule has 1 unspecified atom stereocenters. The van der Waals surface area contributed by atoms with Crippen molar-refractivity contribution in [1.82, 2.24) is 0 Å². The third-order valence-electron chi connectivity index (χ3n) is 1.35. The van der Waals surface area contributed by atoms with Gasteiger partial charge in [-0.25, -0.2) is 0 Å². The summed E-state index contributed by atoms with van der Waals surface area (Å²) in [5.74, 6) is 0. The fourth-order valence-electron chi connectivity index (χ4n) is 0.870. The highest BCUT2D eigenvalue weighted by Gasteiger charge is 2.26. The summed E-state index contributed by atoms with van der Waals surface area (Å²) in [4.78, 5) is 0. The van der Waals surface area contributed by atoms with Crippen LogP contribution in [0.5, 0.6) is 0 Å². The third kappa shape index (κ3) is 1.27. The van der Waals surface area contributed by atoms with Crippen molar-refractivity contribution < 1.29 is 0 Å². The normalized spacial score (nSPS) is 31.7. The molecule has 7 heavy (non-hydrogen) atoms. The summed E-state index contributed by atoms with van der Waals surface area (Å²) >= 11 is 11.5. The number of halogens is 2. The van der Waals surface area contributed by atoms with Crippen molar-refractivity contribution in [3.63, 3.8) is 0 Å². The monoisotopic (exact) mass is 136 g/mol. The van der Waals surface area contributed by atoms with Crippen LogP contribution in [0.2, 0.25) is 6.32 Å². The van der Waals surface area contributed by atoms with Gasteiger partial charge in [-0.05, 0) is 6.42 Å².